The second-order valence-corrected chi connectivity index (χ2v) is 10.9. The van der Waals surface area contributed by atoms with Crippen molar-refractivity contribution in [3.05, 3.63) is 82.9 Å². The van der Waals surface area contributed by atoms with Gasteiger partial charge < -0.3 is 26.8 Å². The van der Waals surface area contributed by atoms with E-state index in [1.807, 2.05) is 53.4 Å². The van der Waals surface area contributed by atoms with Gasteiger partial charge >= 0.3 is 75.0 Å². The Morgan fingerprint density at radius 2 is 1.51 bits per heavy atom. The number of rotatable bonds is 7. The number of carbonyl (C=O) groups is 1. The molecule has 3 aromatic rings. The van der Waals surface area contributed by atoms with Gasteiger partial charge in [-0.25, -0.2) is 4.79 Å². The first-order valence-corrected chi connectivity index (χ1v) is 14.0. The van der Waals surface area contributed by atoms with Crippen LogP contribution in [0.5, 0.6) is 5.75 Å². The first-order valence-electron chi connectivity index (χ1n) is 12.7. The Morgan fingerprint density at radius 3 is 2.05 bits per heavy atom. The molecule has 1 heterocycles. The van der Waals surface area contributed by atoms with Gasteiger partial charge in [-0.2, -0.15) is 8.42 Å². The van der Waals surface area contributed by atoms with Crippen LogP contribution in [0, 0.1) is 6.92 Å². The molecule has 1 aliphatic carbocycles. The van der Waals surface area contributed by atoms with E-state index in [0.29, 0.717) is 32.2 Å². The zero-order chi connectivity index (χ0) is 28.7. The van der Waals surface area contributed by atoms with Crippen LogP contribution in [0.4, 0.5) is 21.6 Å². The van der Waals surface area contributed by atoms with Gasteiger partial charge in [-0.3, -0.25) is 4.90 Å². The molecule has 1 aliphatic heterocycles. The smallest absolute Gasteiger partial charge is 0.448 e. The number of carbonyl (C=O) groups excluding carboxylic acids is 1. The third kappa shape index (κ3) is 7.35. The van der Waals surface area contributed by atoms with Crippen molar-refractivity contribution in [1.29, 1.82) is 0 Å². The Morgan fingerprint density at radius 1 is 0.951 bits per heavy atom. The van der Waals surface area contributed by atoms with Gasteiger partial charge in [0.2, 0.25) is 0 Å². The van der Waals surface area contributed by atoms with E-state index in [0.717, 1.165) is 28.3 Å². The van der Waals surface area contributed by atoms with Gasteiger partial charge in [-0.15, -0.1) is 5.46 Å². The maximum absolute atomic E-state index is 13.6. The van der Waals surface area contributed by atoms with E-state index in [4.69, 9.17) is 4.74 Å². The minimum atomic E-state index is -5.50. The molecule has 0 aromatic heterocycles. The molecule has 1 amide bonds. The molecular formula is C27H26BF4KN2O5S. The number of nitrogens with zero attached hydrogens (tertiary/aromatic N) is 2. The second kappa shape index (κ2) is 12.7. The maximum Gasteiger partial charge on any atom is 1.00 e. The monoisotopic (exact) mass is 616 g/mol. The summed E-state index contributed by atoms with van der Waals surface area (Å²) in [5, 5.41) is 0. The van der Waals surface area contributed by atoms with Crippen LogP contribution < -0.4 is 61.0 Å². The molecule has 0 bridgehead atoms. The maximum atomic E-state index is 13.6. The van der Waals surface area contributed by atoms with Crippen molar-refractivity contribution >= 4 is 29.0 Å². The zero-order valence-corrected chi connectivity index (χ0v) is 26.5. The SMILES string of the molecule is Cc1c(CN2CCN(C(=O)OCC3c4ccccc4-c4ccccc43)CC2)cc(OS(=O)(=O)F)cc1[B-](F)(F)F.[K+]. The summed E-state index contributed by atoms with van der Waals surface area (Å²) < 4.78 is 85.4. The zero-order valence-electron chi connectivity index (χ0n) is 22.5. The fourth-order valence-electron chi connectivity index (χ4n) is 5.45. The van der Waals surface area contributed by atoms with E-state index in [1.54, 1.807) is 4.90 Å². The molecule has 0 unspecified atom stereocenters. The van der Waals surface area contributed by atoms with Crippen LogP contribution in [0.15, 0.2) is 60.7 Å². The van der Waals surface area contributed by atoms with Crippen molar-refractivity contribution in [3.63, 3.8) is 0 Å². The molecule has 0 atom stereocenters. The molecule has 5 rings (SSSR count). The molecule has 212 valence electrons. The Hall–Kier alpha value is -1.94. The first kappa shape index (κ1) is 32.0. The van der Waals surface area contributed by atoms with E-state index in [-0.39, 0.29) is 81.6 Å². The number of fused-ring (bicyclic) bond motifs is 3. The summed E-state index contributed by atoms with van der Waals surface area (Å²) >= 11 is 0. The van der Waals surface area contributed by atoms with Crippen molar-refractivity contribution in [2.24, 2.45) is 0 Å². The predicted molar refractivity (Wildman–Crippen MR) is 142 cm³/mol. The fourth-order valence-corrected chi connectivity index (χ4v) is 5.78. The number of piperazine rings is 1. The summed E-state index contributed by atoms with van der Waals surface area (Å²) in [5.41, 5.74) is 3.47. The molecule has 0 spiro atoms. The van der Waals surface area contributed by atoms with E-state index >= 15 is 0 Å². The summed E-state index contributed by atoms with van der Waals surface area (Å²) in [6, 6.07) is 17.6. The van der Waals surface area contributed by atoms with Gasteiger partial charge in [0.25, 0.3) is 0 Å². The molecule has 1 saturated heterocycles. The normalized spacial score (nSPS) is 15.6. The third-order valence-corrected chi connectivity index (χ3v) is 7.83. The molecule has 41 heavy (non-hydrogen) atoms. The van der Waals surface area contributed by atoms with E-state index < -0.39 is 34.8 Å². The van der Waals surface area contributed by atoms with E-state index in [9.17, 15) is 30.0 Å². The number of hydrogen-bond donors (Lipinski definition) is 0. The molecule has 14 heteroatoms. The number of benzene rings is 3. The number of ether oxygens (including phenoxy) is 1. The molecule has 1 fully saturated rings. The van der Waals surface area contributed by atoms with Crippen LogP contribution in [0.25, 0.3) is 11.1 Å². The average Bonchev–Trinajstić information content (AvgIpc) is 3.21. The quantitative estimate of drug-likeness (QED) is 0.229. The summed E-state index contributed by atoms with van der Waals surface area (Å²) in [6.45, 7) is -2.72. The van der Waals surface area contributed by atoms with Gasteiger partial charge in [0.05, 0.1) is 0 Å². The fraction of sp³-hybridized carbons (Fsp3) is 0.296. The number of halogens is 4. The van der Waals surface area contributed by atoms with Crippen LogP contribution in [0.1, 0.15) is 28.2 Å². The number of amides is 1. The largest absolute Gasteiger partial charge is 1.00 e. The second-order valence-electron chi connectivity index (χ2n) is 9.92. The predicted octanol–water partition coefficient (Wildman–Crippen LogP) is 1.71. The molecule has 0 saturated carbocycles. The van der Waals surface area contributed by atoms with Gasteiger partial charge in [0.1, 0.15) is 12.4 Å². The van der Waals surface area contributed by atoms with Crippen molar-refractivity contribution in [2.75, 3.05) is 32.8 Å². The van der Waals surface area contributed by atoms with Gasteiger partial charge in [-0.1, -0.05) is 58.0 Å². The minimum absolute atomic E-state index is 0. The van der Waals surface area contributed by atoms with Crippen LogP contribution >= 0.6 is 0 Å². The van der Waals surface area contributed by atoms with Crippen LogP contribution in [-0.2, 0) is 21.8 Å². The third-order valence-electron chi connectivity index (χ3n) is 7.44. The Bertz CT molecular complexity index is 1500. The summed E-state index contributed by atoms with van der Waals surface area (Å²) in [6.07, 6.45) is -0.469. The summed E-state index contributed by atoms with van der Waals surface area (Å²) in [4.78, 5) is 16.3. The average molecular weight is 616 g/mol. The van der Waals surface area contributed by atoms with E-state index in [2.05, 4.69) is 4.18 Å². The Kier molecular flexibility index (Phi) is 9.94. The molecule has 0 radical (unpaired) electrons. The first-order chi connectivity index (χ1) is 18.9. The summed E-state index contributed by atoms with van der Waals surface area (Å²) in [7, 11) is -5.50. The molecule has 2 aliphatic rings. The topological polar surface area (TPSA) is 76.2 Å². The Labute approximate surface area is 278 Å². The van der Waals surface area contributed by atoms with E-state index in [1.165, 1.54) is 6.92 Å². The van der Waals surface area contributed by atoms with Crippen molar-refractivity contribution in [2.45, 2.75) is 19.4 Å². The van der Waals surface area contributed by atoms with Crippen LogP contribution in [0.2, 0.25) is 0 Å². The van der Waals surface area contributed by atoms with Gasteiger partial charge in [0, 0.05) is 38.6 Å². The van der Waals surface area contributed by atoms with Crippen molar-refractivity contribution < 1.29 is 90.3 Å². The molecular weight excluding hydrogens is 590 g/mol. The Balaban J connectivity index is 0.00000387. The molecule has 7 nitrogen and oxygen atoms in total. The van der Waals surface area contributed by atoms with Gasteiger partial charge in [0.15, 0.2) is 0 Å². The minimum Gasteiger partial charge on any atom is -0.448 e. The van der Waals surface area contributed by atoms with Crippen molar-refractivity contribution in [1.82, 2.24) is 9.80 Å². The number of hydrogen-bond acceptors (Lipinski definition) is 6. The standard InChI is InChI=1S/C27H26BF4N2O5S.K/c1-18-19(14-20(39-40(32,36)37)15-26(18)28(29,30)31)16-33-10-12-34(13-11-33)27(35)38-17-25-23-8-4-2-6-21(23)22-7-3-5-9-24(22)25;/h2-9,14-15,25H,10-13,16-17H2,1H3;/q-1;+1. The van der Waals surface area contributed by atoms with Crippen LogP contribution in [-0.4, -0.2) is 64.1 Å². The van der Waals surface area contributed by atoms with Crippen molar-refractivity contribution in [3.8, 4) is 16.9 Å². The molecule has 3 aromatic carbocycles. The molecule has 0 N–H and O–H groups in total. The summed E-state index contributed by atoms with van der Waals surface area (Å²) in [5.74, 6) is -0.817. The van der Waals surface area contributed by atoms with Crippen LogP contribution in [0.3, 0.4) is 0 Å². The van der Waals surface area contributed by atoms with Gasteiger partial charge in [-0.05, 0) is 46.9 Å².